The third kappa shape index (κ3) is 4.57. The molecule has 2 rings (SSSR count). The molecule has 0 unspecified atom stereocenters. The van der Waals surface area contributed by atoms with Gasteiger partial charge in [-0.2, -0.15) is 0 Å². The van der Waals surface area contributed by atoms with Crippen molar-refractivity contribution in [1.82, 2.24) is 0 Å². The van der Waals surface area contributed by atoms with Gasteiger partial charge in [0.15, 0.2) is 11.5 Å². The number of para-hydroxylation sites is 1. The zero-order valence-electron chi connectivity index (χ0n) is 12.4. The third-order valence-corrected chi connectivity index (χ3v) is 3.74. The van der Waals surface area contributed by atoms with E-state index in [1.54, 1.807) is 0 Å². The second-order valence-corrected chi connectivity index (χ2v) is 5.71. The Labute approximate surface area is 145 Å². The topological polar surface area (TPSA) is 30.5 Å². The minimum absolute atomic E-state index is 0.234. The van der Waals surface area contributed by atoms with Crippen molar-refractivity contribution in [2.45, 2.75) is 13.5 Å². The van der Waals surface area contributed by atoms with Gasteiger partial charge in [0.1, 0.15) is 6.61 Å². The molecule has 0 aromatic heterocycles. The van der Waals surface area contributed by atoms with Gasteiger partial charge < -0.3 is 14.8 Å². The third-order valence-electron chi connectivity index (χ3n) is 2.94. The molecule has 3 nitrogen and oxygen atoms in total. The van der Waals surface area contributed by atoms with E-state index < -0.39 is 0 Å². The molecule has 2 aromatic rings. The molecule has 0 saturated carbocycles. The van der Waals surface area contributed by atoms with Gasteiger partial charge in [-0.3, -0.25) is 0 Å². The molecule has 22 heavy (non-hydrogen) atoms. The standard InChI is InChI=1S/C18H18INO2/c1-3-10-22-18-16(19)11-14(12-17(18)21-4-2)13-20-15-8-6-5-7-9-15/h1,5-9,11-12,20H,4,10,13H2,2H3. The molecular formula is C18H18INO2. The van der Waals surface area contributed by atoms with Crippen molar-refractivity contribution in [3.8, 4) is 23.8 Å². The lowest BCUT2D eigenvalue weighted by atomic mass is 10.2. The van der Waals surface area contributed by atoms with Crippen LogP contribution in [0.4, 0.5) is 5.69 Å². The van der Waals surface area contributed by atoms with Crippen molar-refractivity contribution in [3.05, 3.63) is 51.6 Å². The van der Waals surface area contributed by atoms with E-state index in [1.165, 1.54) is 0 Å². The van der Waals surface area contributed by atoms with E-state index >= 15 is 0 Å². The molecule has 0 atom stereocenters. The van der Waals surface area contributed by atoms with Gasteiger partial charge in [0, 0.05) is 12.2 Å². The number of rotatable bonds is 7. The quantitative estimate of drug-likeness (QED) is 0.548. The maximum absolute atomic E-state index is 5.68. The van der Waals surface area contributed by atoms with Crippen LogP contribution in [0.5, 0.6) is 11.5 Å². The summed E-state index contributed by atoms with van der Waals surface area (Å²) in [5.74, 6) is 3.92. The highest BCUT2D eigenvalue weighted by Crippen LogP contribution is 2.34. The fourth-order valence-corrected chi connectivity index (χ4v) is 2.82. The van der Waals surface area contributed by atoms with E-state index in [1.807, 2.05) is 43.3 Å². The molecule has 0 aliphatic heterocycles. The van der Waals surface area contributed by atoms with Gasteiger partial charge in [-0.1, -0.05) is 24.1 Å². The Kier molecular flexibility index (Phi) is 6.41. The highest BCUT2D eigenvalue weighted by atomic mass is 127. The van der Waals surface area contributed by atoms with Crippen LogP contribution in [-0.2, 0) is 6.54 Å². The highest BCUT2D eigenvalue weighted by molar-refractivity contribution is 14.1. The van der Waals surface area contributed by atoms with Crippen molar-refractivity contribution in [2.75, 3.05) is 18.5 Å². The van der Waals surface area contributed by atoms with Gasteiger partial charge in [-0.05, 0) is 59.3 Å². The van der Waals surface area contributed by atoms with E-state index in [-0.39, 0.29) is 6.61 Å². The Morgan fingerprint density at radius 1 is 1.18 bits per heavy atom. The normalized spacial score (nSPS) is 9.86. The van der Waals surface area contributed by atoms with Crippen molar-refractivity contribution < 1.29 is 9.47 Å². The van der Waals surface area contributed by atoms with Crippen molar-refractivity contribution >= 4 is 28.3 Å². The first kappa shape index (κ1) is 16.5. The summed E-state index contributed by atoms with van der Waals surface area (Å²) in [6.45, 7) is 3.48. The summed E-state index contributed by atoms with van der Waals surface area (Å²) in [7, 11) is 0. The van der Waals surface area contributed by atoms with Crippen LogP contribution in [-0.4, -0.2) is 13.2 Å². The molecule has 4 heteroatoms. The smallest absolute Gasteiger partial charge is 0.175 e. The zero-order chi connectivity index (χ0) is 15.8. The van der Waals surface area contributed by atoms with Crippen LogP contribution in [0.25, 0.3) is 0 Å². The Balaban J connectivity index is 2.16. The number of hydrogen-bond acceptors (Lipinski definition) is 3. The van der Waals surface area contributed by atoms with E-state index in [9.17, 15) is 0 Å². The molecule has 0 spiro atoms. The van der Waals surface area contributed by atoms with Crippen LogP contribution in [0.1, 0.15) is 12.5 Å². The summed E-state index contributed by atoms with van der Waals surface area (Å²) in [5.41, 5.74) is 2.22. The molecule has 0 heterocycles. The summed E-state index contributed by atoms with van der Waals surface area (Å²) in [6.07, 6.45) is 5.26. The zero-order valence-corrected chi connectivity index (χ0v) is 14.6. The van der Waals surface area contributed by atoms with Crippen molar-refractivity contribution in [2.24, 2.45) is 0 Å². The van der Waals surface area contributed by atoms with Gasteiger partial charge in [-0.15, -0.1) is 6.42 Å². The van der Waals surface area contributed by atoms with Gasteiger partial charge in [-0.25, -0.2) is 0 Å². The van der Waals surface area contributed by atoms with Crippen LogP contribution in [0.2, 0.25) is 0 Å². The first-order chi connectivity index (χ1) is 10.7. The Hall–Kier alpha value is -1.87. The number of ether oxygens (including phenoxy) is 2. The van der Waals surface area contributed by atoms with E-state index in [0.717, 1.165) is 27.1 Å². The van der Waals surface area contributed by atoms with Crippen molar-refractivity contribution in [3.63, 3.8) is 0 Å². The first-order valence-corrected chi connectivity index (χ1v) is 8.13. The van der Waals surface area contributed by atoms with Crippen LogP contribution < -0.4 is 14.8 Å². The highest BCUT2D eigenvalue weighted by Gasteiger charge is 2.12. The summed E-state index contributed by atoms with van der Waals surface area (Å²) >= 11 is 2.24. The van der Waals surface area contributed by atoms with Crippen LogP contribution in [0, 0.1) is 15.9 Å². The van der Waals surface area contributed by atoms with Gasteiger partial charge in [0.05, 0.1) is 10.2 Å². The lowest BCUT2D eigenvalue weighted by Gasteiger charge is -2.15. The second-order valence-electron chi connectivity index (χ2n) is 4.55. The fourth-order valence-electron chi connectivity index (χ4n) is 2.00. The van der Waals surface area contributed by atoms with E-state index in [4.69, 9.17) is 15.9 Å². The first-order valence-electron chi connectivity index (χ1n) is 7.05. The molecule has 1 N–H and O–H groups in total. The van der Waals surface area contributed by atoms with Crippen molar-refractivity contribution in [1.29, 1.82) is 0 Å². The van der Waals surface area contributed by atoms with Gasteiger partial charge >= 0.3 is 0 Å². The van der Waals surface area contributed by atoms with E-state index in [2.05, 4.69) is 39.9 Å². The molecular weight excluding hydrogens is 389 g/mol. The minimum atomic E-state index is 0.234. The monoisotopic (exact) mass is 407 g/mol. The lowest BCUT2D eigenvalue weighted by Crippen LogP contribution is -2.04. The van der Waals surface area contributed by atoms with Crippen LogP contribution >= 0.6 is 22.6 Å². The number of halogens is 1. The fraction of sp³-hybridized carbons (Fsp3) is 0.222. The predicted octanol–water partition coefficient (Wildman–Crippen LogP) is 4.31. The maximum Gasteiger partial charge on any atom is 0.175 e. The average Bonchev–Trinajstić information content (AvgIpc) is 2.53. The molecule has 0 fully saturated rings. The maximum atomic E-state index is 5.68. The Morgan fingerprint density at radius 2 is 1.95 bits per heavy atom. The number of anilines is 1. The number of hydrogen-bond donors (Lipinski definition) is 1. The second kappa shape index (κ2) is 8.54. The molecule has 114 valence electrons. The summed E-state index contributed by atoms with van der Waals surface area (Å²) in [6, 6.07) is 14.2. The SMILES string of the molecule is C#CCOc1c(I)cc(CNc2ccccc2)cc1OCC. The molecule has 0 bridgehead atoms. The van der Waals surface area contributed by atoms with E-state index in [0.29, 0.717) is 12.4 Å². The Morgan fingerprint density at radius 3 is 2.64 bits per heavy atom. The molecule has 2 aromatic carbocycles. The lowest BCUT2D eigenvalue weighted by molar-refractivity contribution is 0.297. The summed E-state index contributed by atoms with van der Waals surface area (Å²) in [5, 5.41) is 3.39. The Bertz CT molecular complexity index is 650. The van der Waals surface area contributed by atoms with Gasteiger partial charge in [0.2, 0.25) is 0 Å². The van der Waals surface area contributed by atoms with Crippen LogP contribution in [0.15, 0.2) is 42.5 Å². The van der Waals surface area contributed by atoms with Gasteiger partial charge in [0.25, 0.3) is 0 Å². The minimum Gasteiger partial charge on any atom is -0.490 e. The number of terminal acetylenes is 1. The summed E-state index contributed by atoms with van der Waals surface area (Å²) in [4.78, 5) is 0. The summed E-state index contributed by atoms with van der Waals surface area (Å²) < 4.78 is 12.3. The molecule has 0 aliphatic carbocycles. The molecule has 0 aliphatic rings. The molecule has 0 amide bonds. The van der Waals surface area contributed by atoms with Crippen LogP contribution in [0.3, 0.4) is 0 Å². The average molecular weight is 407 g/mol. The molecule has 0 saturated heterocycles. The predicted molar refractivity (Wildman–Crippen MR) is 98.4 cm³/mol. The largest absolute Gasteiger partial charge is 0.490 e. The number of benzene rings is 2. The molecule has 0 radical (unpaired) electrons. The number of nitrogens with one attached hydrogen (secondary N) is 1.